The van der Waals surface area contributed by atoms with Crippen molar-refractivity contribution in [2.45, 2.75) is 26.8 Å². The van der Waals surface area contributed by atoms with Crippen LogP contribution in [-0.2, 0) is 9.53 Å². The van der Waals surface area contributed by atoms with Gasteiger partial charge in [0.05, 0.1) is 18.2 Å². The summed E-state index contributed by atoms with van der Waals surface area (Å²) in [5, 5.41) is 2.74. The van der Waals surface area contributed by atoms with Gasteiger partial charge in [0.2, 0.25) is 0 Å². The Hall–Kier alpha value is -2.37. The van der Waals surface area contributed by atoms with E-state index in [-0.39, 0.29) is 12.6 Å². The van der Waals surface area contributed by atoms with Crippen LogP contribution in [0.2, 0.25) is 0 Å². The van der Waals surface area contributed by atoms with Crippen LogP contribution in [0.3, 0.4) is 0 Å². The maximum Gasteiger partial charge on any atom is 0.338 e. The minimum Gasteiger partial charge on any atom is -0.463 e. The Labute approximate surface area is 128 Å². The second kappa shape index (κ2) is 6.60. The zero-order valence-corrected chi connectivity index (χ0v) is 12.9. The van der Waals surface area contributed by atoms with Crippen LogP contribution in [0.25, 0.3) is 0 Å². The van der Waals surface area contributed by atoms with E-state index >= 15 is 0 Å². The van der Waals surface area contributed by atoms with Gasteiger partial charge in [-0.2, -0.15) is 0 Å². The summed E-state index contributed by atoms with van der Waals surface area (Å²) in [6.07, 6.45) is 0. The summed E-state index contributed by atoms with van der Waals surface area (Å²) < 4.78 is 18.6. The molecule has 0 aromatic heterocycles. The van der Waals surface area contributed by atoms with Crippen molar-refractivity contribution in [2.75, 3.05) is 13.2 Å². The minimum atomic E-state index is -0.718. The first-order chi connectivity index (χ1) is 10.5. The number of halogens is 1. The third-order valence-electron chi connectivity index (χ3n) is 3.59. The van der Waals surface area contributed by atoms with E-state index in [1.165, 1.54) is 17.0 Å². The Bertz CT molecular complexity index is 628. The van der Waals surface area contributed by atoms with Crippen LogP contribution in [-0.4, -0.2) is 30.1 Å². The summed E-state index contributed by atoms with van der Waals surface area (Å²) in [6, 6.07) is 4.79. The molecule has 1 atom stereocenters. The molecule has 1 aliphatic heterocycles. The molecule has 1 aromatic rings. The molecule has 0 saturated heterocycles. The molecule has 1 aromatic carbocycles. The average Bonchev–Trinajstić information content (AvgIpc) is 2.47. The lowest BCUT2D eigenvalue weighted by Crippen LogP contribution is -2.47. The van der Waals surface area contributed by atoms with E-state index in [0.29, 0.717) is 23.4 Å². The number of allylic oxidation sites excluding steroid dienone is 1. The molecule has 1 heterocycles. The number of esters is 1. The number of amides is 2. The van der Waals surface area contributed by atoms with Gasteiger partial charge in [-0.3, -0.25) is 4.90 Å². The fraction of sp³-hybridized carbons (Fsp3) is 0.375. The van der Waals surface area contributed by atoms with E-state index in [4.69, 9.17) is 4.74 Å². The molecule has 0 spiro atoms. The second-order valence-corrected chi connectivity index (χ2v) is 4.90. The molecule has 118 valence electrons. The molecule has 22 heavy (non-hydrogen) atoms. The maximum atomic E-state index is 13.5. The van der Waals surface area contributed by atoms with Gasteiger partial charge in [0.25, 0.3) is 0 Å². The van der Waals surface area contributed by atoms with Crippen molar-refractivity contribution in [3.05, 3.63) is 46.9 Å². The van der Waals surface area contributed by atoms with E-state index in [2.05, 4.69) is 5.32 Å². The predicted molar refractivity (Wildman–Crippen MR) is 79.4 cm³/mol. The van der Waals surface area contributed by atoms with Crippen molar-refractivity contribution in [2.24, 2.45) is 0 Å². The SMILES string of the molecule is CCOC(=O)C1=C(C)N(CC)C(=O)N[C@@H]1c1cccc(F)c1. The van der Waals surface area contributed by atoms with Gasteiger partial charge in [-0.05, 0) is 38.5 Å². The van der Waals surface area contributed by atoms with Crippen molar-refractivity contribution in [3.63, 3.8) is 0 Å². The zero-order chi connectivity index (χ0) is 16.3. The number of carbonyl (C=O) groups is 2. The molecule has 0 fully saturated rings. The average molecular weight is 306 g/mol. The number of hydrogen-bond donors (Lipinski definition) is 1. The molecule has 0 radical (unpaired) electrons. The van der Waals surface area contributed by atoms with Gasteiger partial charge in [-0.25, -0.2) is 14.0 Å². The molecule has 5 nitrogen and oxygen atoms in total. The molecule has 1 N–H and O–H groups in total. The van der Waals surface area contributed by atoms with Crippen molar-refractivity contribution >= 4 is 12.0 Å². The molecular weight excluding hydrogens is 287 g/mol. The lowest BCUT2D eigenvalue weighted by atomic mass is 9.95. The first-order valence-corrected chi connectivity index (χ1v) is 7.21. The van der Waals surface area contributed by atoms with Gasteiger partial charge >= 0.3 is 12.0 Å². The third kappa shape index (κ3) is 2.95. The van der Waals surface area contributed by atoms with E-state index in [9.17, 15) is 14.0 Å². The van der Waals surface area contributed by atoms with Crippen LogP contribution in [0.15, 0.2) is 35.5 Å². The standard InChI is InChI=1S/C16H19FN2O3/c1-4-19-10(3)13(15(20)22-5-2)14(18-16(19)21)11-7-6-8-12(17)9-11/h6-9,14H,4-5H2,1-3H3,(H,18,21)/t14-/m1/s1. The van der Waals surface area contributed by atoms with Crippen LogP contribution in [0.1, 0.15) is 32.4 Å². The molecule has 0 unspecified atom stereocenters. The number of nitrogens with one attached hydrogen (secondary N) is 1. The van der Waals surface area contributed by atoms with Gasteiger partial charge in [0.1, 0.15) is 5.82 Å². The van der Waals surface area contributed by atoms with Crippen molar-refractivity contribution in [1.82, 2.24) is 10.2 Å². The monoisotopic (exact) mass is 306 g/mol. The molecule has 2 rings (SSSR count). The first kappa shape index (κ1) is 16.0. The van der Waals surface area contributed by atoms with Crippen molar-refractivity contribution in [3.8, 4) is 0 Å². The normalized spacial score (nSPS) is 18.3. The molecular formula is C16H19FN2O3. The lowest BCUT2D eigenvalue weighted by Gasteiger charge is -2.34. The van der Waals surface area contributed by atoms with Gasteiger partial charge in [0, 0.05) is 12.2 Å². The van der Waals surface area contributed by atoms with Crippen LogP contribution in [0.4, 0.5) is 9.18 Å². The minimum absolute atomic E-state index is 0.228. The molecule has 0 aliphatic carbocycles. The summed E-state index contributed by atoms with van der Waals surface area (Å²) in [5.74, 6) is -0.932. The Morgan fingerprint density at radius 3 is 2.73 bits per heavy atom. The number of ether oxygens (including phenoxy) is 1. The number of hydrogen-bond acceptors (Lipinski definition) is 3. The summed E-state index contributed by atoms with van der Waals surface area (Å²) >= 11 is 0. The quantitative estimate of drug-likeness (QED) is 0.870. The highest BCUT2D eigenvalue weighted by Crippen LogP contribution is 2.31. The highest BCUT2D eigenvalue weighted by atomic mass is 19.1. The first-order valence-electron chi connectivity index (χ1n) is 7.21. The van der Waals surface area contributed by atoms with Gasteiger partial charge in [-0.15, -0.1) is 0 Å². The smallest absolute Gasteiger partial charge is 0.338 e. The third-order valence-corrected chi connectivity index (χ3v) is 3.59. The van der Waals surface area contributed by atoms with Gasteiger partial charge < -0.3 is 10.1 Å². The summed E-state index contributed by atoms with van der Waals surface area (Å²) in [7, 11) is 0. The van der Waals surface area contributed by atoms with Gasteiger partial charge in [-0.1, -0.05) is 12.1 Å². The van der Waals surface area contributed by atoms with Crippen LogP contribution in [0, 0.1) is 5.82 Å². The molecule has 0 saturated carbocycles. The summed E-state index contributed by atoms with van der Waals surface area (Å²) in [4.78, 5) is 25.9. The number of nitrogens with zero attached hydrogens (tertiary/aromatic N) is 1. The zero-order valence-electron chi connectivity index (χ0n) is 12.9. The van der Waals surface area contributed by atoms with Crippen molar-refractivity contribution in [1.29, 1.82) is 0 Å². The molecule has 1 aliphatic rings. The highest BCUT2D eigenvalue weighted by Gasteiger charge is 2.35. The fourth-order valence-corrected chi connectivity index (χ4v) is 2.57. The van der Waals surface area contributed by atoms with Crippen LogP contribution >= 0.6 is 0 Å². The Balaban J connectivity index is 2.53. The number of urea groups is 1. The lowest BCUT2D eigenvalue weighted by molar-refractivity contribution is -0.139. The Morgan fingerprint density at radius 2 is 2.14 bits per heavy atom. The Morgan fingerprint density at radius 1 is 1.41 bits per heavy atom. The van der Waals surface area contributed by atoms with E-state index < -0.39 is 17.8 Å². The summed E-state index contributed by atoms with van der Waals surface area (Å²) in [6.45, 7) is 5.88. The molecule has 2 amide bonds. The van der Waals surface area contributed by atoms with Crippen LogP contribution < -0.4 is 5.32 Å². The van der Waals surface area contributed by atoms with Crippen molar-refractivity contribution < 1.29 is 18.7 Å². The number of rotatable bonds is 4. The predicted octanol–water partition coefficient (Wildman–Crippen LogP) is 2.75. The van der Waals surface area contributed by atoms with E-state index in [1.807, 2.05) is 6.92 Å². The number of benzene rings is 1. The maximum absolute atomic E-state index is 13.5. The fourth-order valence-electron chi connectivity index (χ4n) is 2.57. The highest BCUT2D eigenvalue weighted by molar-refractivity contribution is 5.95. The largest absolute Gasteiger partial charge is 0.463 e. The van der Waals surface area contributed by atoms with Gasteiger partial charge in [0.15, 0.2) is 0 Å². The second-order valence-electron chi connectivity index (χ2n) is 4.90. The van der Waals surface area contributed by atoms with E-state index in [0.717, 1.165) is 0 Å². The molecule has 6 heteroatoms. The number of carbonyl (C=O) groups excluding carboxylic acids is 2. The van der Waals surface area contributed by atoms with E-state index in [1.54, 1.807) is 26.0 Å². The topological polar surface area (TPSA) is 58.6 Å². The summed E-state index contributed by atoms with van der Waals surface area (Å²) in [5.41, 5.74) is 1.36. The Kier molecular flexibility index (Phi) is 4.80. The van der Waals surface area contributed by atoms with Crippen LogP contribution in [0.5, 0.6) is 0 Å². The molecule has 0 bridgehead atoms.